The summed E-state index contributed by atoms with van der Waals surface area (Å²) in [7, 11) is 0. The summed E-state index contributed by atoms with van der Waals surface area (Å²) >= 11 is 0. The van der Waals surface area contributed by atoms with Crippen LogP contribution in [0, 0.1) is 0 Å². The quantitative estimate of drug-likeness (QED) is 0.790. The Labute approximate surface area is 153 Å². The number of carbonyl (C=O) groups excluding carboxylic acids is 2. The Morgan fingerprint density at radius 2 is 1.92 bits per heavy atom. The number of rotatable bonds is 2. The lowest BCUT2D eigenvalue weighted by Gasteiger charge is -2.42. The lowest BCUT2D eigenvalue weighted by Crippen LogP contribution is -2.72. The number of nitrogens with two attached hydrogens (primary N) is 1. The number of aliphatic imine (C=N–C) groups is 1. The minimum atomic E-state index is -0.764. The van der Waals surface area contributed by atoms with Gasteiger partial charge in [0.2, 0.25) is 6.04 Å². The Kier molecular flexibility index (Phi) is 6.00. The minimum Gasteiger partial charge on any atom is -0.369 e. The number of urea groups is 1. The fraction of sp³-hybridized carbons (Fsp3) is 0.526. The van der Waals surface area contributed by atoms with Crippen molar-refractivity contribution in [2.45, 2.75) is 38.1 Å². The molecule has 2 aliphatic heterocycles. The van der Waals surface area contributed by atoms with Crippen molar-refractivity contribution in [3.05, 3.63) is 30.3 Å². The van der Waals surface area contributed by atoms with Gasteiger partial charge in [0.1, 0.15) is 24.7 Å². The van der Waals surface area contributed by atoms with E-state index in [4.69, 9.17) is 10.5 Å². The predicted octanol–water partition coefficient (Wildman–Crippen LogP) is 1.95. The van der Waals surface area contributed by atoms with Crippen molar-refractivity contribution in [3.8, 4) is 0 Å². The second kappa shape index (κ2) is 8.42. The van der Waals surface area contributed by atoms with Gasteiger partial charge in [0.15, 0.2) is 0 Å². The smallest absolute Gasteiger partial charge is 0.369 e. The zero-order valence-electron chi connectivity index (χ0n) is 15.0. The van der Waals surface area contributed by atoms with Crippen LogP contribution in [-0.4, -0.2) is 50.1 Å². The number of benzene rings is 1. The van der Waals surface area contributed by atoms with Crippen LogP contribution in [-0.2, 0) is 9.53 Å². The van der Waals surface area contributed by atoms with Crippen molar-refractivity contribution >= 4 is 23.5 Å². The van der Waals surface area contributed by atoms with Gasteiger partial charge >= 0.3 is 6.03 Å². The number of nitrogens with one attached hydrogen (secondary N) is 1. The molecule has 2 aliphatic rings. The van der Waals surface area contributed by atoms with E-state index < -0.39 is 11.9 Å². The molecule has 2 unspecified atom stereocenters. The summed E-state index contributed by atoms with van der Waals surface area (Å²) in [4.78, 5) is 30.1. The van der Waals surface area contributed by atoms with Crippen LogP contribution in [0.3, 0.4) is 0 Å². The maximum absolute atomic E-state index is 13.4. The molecule has 0 spiro atoms. The number of quaternary nitrogens is 1. The maximum Gasteiger partial charge on any atom is 0.427 e. The van der Waals surface area contributed by atoms with Crippen LogP contribution < -0.4 is 15.5 Å². The van der Waals surface area contributed by atoms with Gasteiger partial charge in [-0.05, 0) is 25.0 Å². The van der Waals surface area contributed by atoms with Gasteiger partial charge in [0.25, 0.3) is 5.91 Å². The van der Waals surface area contributed by atoms with Gasteiger partial charge in [-0.1, -0.05) is 31.0 Å². The summed E-state index contributed by atoms with van der Waals surface area (Å²) < 4.78 is 5.30. The molecule has 1 fully saturated rings. The summed E-state index contributed by atoms with van der Waals surface area (Å²) in [6, 6.07) is 8.31. The van der Waals surface area contributed by atoms with Crippen LogP contribution >= 0.6 is 0 Å². The van der Waals surface area contributed by atoms with Crippen molar-refractivity contribution < 1.29 is 14.3 Å². The second-order valence-corrected chi connectivity index (χ2v) is 6.84. The first-order valence-corrected chi connectivity index (χ1v) is 9.30. The number of nitrogens with zero attached hydrogens (tertiary/aromatic N) is 2. The summed E-state index contributed by atoms with van der Waals surface area (Å²) in [5.41, 5.74) is 6.39. The first-order chi connectivity index (χ1) is 12.6. The van der Waals surface area contributed by atoms with Crippen LogP contribution in [0.4, 0.5) is 10.5 Å². The van der Waals surface area contributed by atoms with E-state index in [1.54, 1.807) is 0 Å². The van der Waals surface area contributed by atoms with Crippen molar-refractivity contribution in [2.24, 2.45) is 10.7 Å². The molecule has 3 N–H and O–H groups in total. The number of hydrogen-bond acceptors (Lipinski definition) is 4. The van der Waals surface area contributed by atoms with E-state index in [9.17, 15) is 9.59 Å². The van der Waals surface area contributed by atoms with Crippen molar-refractivity contribution in [1.82, 2.24) is 9.80 Å². The largest absolute Gasteiger partial charge is 0.427 e. The van der Waals surface area contributed by atoms with E-state index >= 15 is 0 Å². The highest BCUT2D eigenvalue weighted by Crippen LogP contribution is 2.29. The Morgan fingerprint density at radius 3 is 2.69 bits per heavy atom. The Hall–Kier alpha value is -2.25. The lowest BCUT2D eigenvalue weighted by molar-refractivity contribution is -0.126. The molecule has 7 heteroatoms. The number of amidine groups is 1. The molecule has 2 atom stereocenters. The summed E-state index contributed by atoms with van der Waals surface area (Å²) in [6.07, 6.45) is 5.11. The van der Waals surface area contributed by atoms with Gasteiger partial charge in [-0.25, -0.2) is 4.79 Å². The molecule has 3 rings (SSSR count). The average Bonchev–Trinajstić information content (AvgIpc) is 2.64. The average molecular weight is 359 g/mol. The first kappa shape index (κ1) is 18.5. The van der Waals surface area contributed by atoms with Crippen molar-refractivity contribution in [2.75, 3.05) is 26.3 Å². The van der Waals surface area contributed by atoms with Gasteiger partial charge in [-0.3, -0.25) is 15.1 Å². The Morgan fingerprint density at radius 1 is 1.15 bits per heavy atom. The number of para-hydroxylation sites is 1. The van der Waals surface area contributed by atoms with Gasteiger partial charge in [0, 0.05) is 13.0 Å². The highest BCUT2D eigenvalue weighted by Gasteiger charge is 2.52. The molecular formula is C19H27N4O3+. The van der Waals surface area contributed by atoms with E-state index in [1.807, 2.05) is 30.3 Å². The molecular weight excluding hydrogens is 332 g/mol. The molecule has 0 saturated carbocycles. The molecule has 7 nitrogen and oxygen atoms in total. The number of morpholine rings is 1. The molecule has 1 aromatic rings. The summed E-state index contributed by atoms with van der Waals surface area (Å²) in [5.74, 6) is 0.168. The van der Waals surface area contributed by atoms with Gasteiger partial charge < -0.3 is 10.5 Å². The molecule has 0 aromatic heterocycles. The van der Waals surface area contributed by atoms with Crippen molar-refractivity contribution in [1.29, 1.82) is 0 Å². The van der Waals surface area contributed by atoms with Crippen molar-refractivity contribution in [3.63, 3.8) is 0 Å². The number of amides is 3. The van der Waals surface area contributed by atoms with Gasteiger partial charge in [-0.2, -0.15) is 4.48 Å². The number of ether oxygens (including phenoxy) is 1. The standard InChI is InChI=1S/C19H26N4O3/c20-18(24)16-14-26-13-12-23(16,15-8-4-3-5-9-15)19(25)22-17-10-6-1-2-7-11-21-17/h3-5,8-9,16H,1-2,6-7,10-14H2,(H2-,20,21,22,24,25)/p+1. The van der Waals surface area contributed by atoms with E-state index in [0.29, 0.717) is 19.0 Å². The van der Waals surface area contributed by atoms with E-state index in [2.05, 4.69) is 10.3 Å². The Bertz CT molecular complexity index is 677. The fourth-order valence-electron chi connectivity index (χ4n) is 3.73. The zero-order valence-corrected chi connectivity index (χ0v) is 15.0. The highest BCUT2D eigenvalue weighted by atomic mass is 16.5. The molecule has 0 radical (unpaired) electrons. The van der Waals surface area contributed by atoms with Gasteiger partial charge in [0.05, 0.1) is 6.61 Å². The fourth-order valence-corrected chi connectivity index (χ4v) is 3.73. The molecule has 26 heavy (non-hydrogen) atoms. The Balaban J connectivity index is 1.94. The number of carbonyl (C=O) groups is 2. The topological polar surface area (TPSA) is 93.8 Å². The number of primary amides is 1. The third-order valence-corrected chi connectivity index (χ3v) is 5.18. The molecule has 140 valence electrons. The maximum atomic E-state index is 13.4. The van der Waals surface area contributed by atoms with E-state index in [0.717, 1.165) is 37.9 Å². The first-order valence-electron chi connectivity index (χ1n) is 9.30. The van der Waals surface area contributed by atoms with E-state index in [1.165, 1.54) is 6.42 Å². The third kappa shape index (κ3) is 3.78. The highest BCUT2D eigenvalue weighted by molar-refractivity contribution is 6.04. The lowest BCUT2D eigenvalue weighted by atomic mass is 10.1. The molecule has 1 aromatic carbocycles. The van der Waals surface area contributed by atoms with Crippen LogP contribution in [0.2, 0.25) is 0 Å². The molecule has 3 amide bonds. The number of hydrogen-bond donors (Lipinski definition) is 2. The third-order valence-electron chi connectivity index (χ3n) is 5.18. The molecule has 1 saturated heterocycles. The normalized spacial score (nSPS) is 26.9. The van der Waals surface area contributed by atoms with Crippen LogP contribution in [0.25, 0.3) is 0 Å². The van der Waals surface area contributed by atoms with E-state index in [-0.39, 0.29) is 17.1 Å². The van der Waals surface area contributed by atoms with Crippen LogP contribution in [0.15, 0.2) is 35.3 Å². The minimum absolute atomic E-state index is 0.129. The molecule has 2 heterocycles. The van der Waals surface area contributed by atoms with Gasteiger partial charge in [-0.15, -0.1) is 0 Å². The molecule has 0 bridgehead atoms. The SMILES string of the molecule is NC(=O)C1COCC[N+]1(C(=O)NC1=NCCCCCC1)c1ccccc1. The molecule has 0 aliphatic carbocycles. The summed E-state index contributed by atoms with van der Waals surface area (Å²) in [5, 5.41) is 3.00. The van der Waals surface area contributed by atoms with Crippen LogP contribution in [0.1, 0.15) is 32.1 Å². The predicted molar refractivity (Wildman–Crippen MR) is 101 cm³/mol. The zero-order chi connectivity index (χ0) is 18.4. The monoisotopic (exact) mass is 359 g/mol. The second-order valence-electron chi connectivity index (χ2n) is 6.84. The van der Waals surface area contributed by atoms with Crippen LogP contribution in [0.5, 0.6) is 0 Å². The summed E-state index contributed by atoms with van der Waals surface area (Å²) in [6.45, 7) is 1.60.